The monoisotopic (exact) mass is 303 g/mol. The molecule has 0 aliphatic heterocycles. The van der Waals surface area contributed by atoms with Gasteiger partial charge in [-0.25, -0.2) is 4.98 Å². The highest BCUT2D eigenvalue weighted by Gasteiger charge is 2.10. The maximum Gasteiger partial charge on any atom is 0.226 e. The lowest BCUT2D eigenvalue weighted by Gasteiger charge is -2.09. The maximum atomic E-state index is 4.55. The lowest BCUT2D eigenvalue weighted by atomic mass is 10.3. The molecule has 0 unspecified atom stereocenters. The predicted octanol–water partition coefficient (Wildman–Crippen LogP) is 2.14. The summed E-state index contributed by atoms with van der Waals surface area (Å²) >= 11 is 1.68. The van der Waals surface area contributed by atoms with E-state index in [1.165, 1.54) is 4.88 Å². The van der Waals surface area contributed by atoms with Gasteiger partial charge in [-0.3, -0.25) is 4.68 Å². The van der Waals surface area contributed by atoms with E-state index in [0.29, 0.717) is 5.95 Å². The highest BCUT2D eigenvalue weighted by Crippen LogP contribution is 2.29. The van der Waals surface area contributed by atoms with Gasteiger partial charge in [0.1, 0.15) is 10.6 Å². The molecule has 0 aliphatic rings. The van der Waals surface area contributed by atoms with Crippen LogP contribution in [0.4, 0.5) is 11.8 Å². The fraction of sp³-hybridized carbons (Fsp3) is 0.385. The molecule has 0 amide bonds. The second-order valence-electron chi connectivity index (χ2n) is 4.59. The number of anilines is 2. The number of hydrogen-bond acceptors (Lipinski definition) is 7. The molecular formula is C13H17N7S. The summed E-state index contributed by atoms with van der Waals surface area (Å²) in [5.74, 6) is 1.52. The molecule has 7 nitrogen and oxygen atoms in total. The van der Waals surface area contributed by atoms with E-state index in [0.717, 1.165) is 35.7 Å². The van der Waals surface area contributed by atoms with Crippen LogP contribution in [0, 0.1) is 6.92 Å². The highest BCUT2D eigenvalue weighted by atomic mass is 32.1. The number of hydrogen-bond donors (Lipinski definition) is 2. The van der Waals surface area contributed by atoms with E-state index in [1.807, 2.05) is 13.1 Å². The van der Waals surface area contributed by atoms with Crippen LogP contribution < -0.4 is 10.6 Å². The van der Waals surface area contributed by atoms with Crippen LogP contribution in [0.2, 0.25) is 0 Å². The second-order valence-corrected chi connectivity index (χ2v) is 5.83. The van der Waals surface area contributed by atoms with Gasteiger partial charge in [-0.15, -0.1) is 16.4 Å². The number of aromatic nitrogens is 5. The summed E-state index contributed by atoms with van der Waals surface area (Å²) in [7, 11) is 0. The van der Waals surface area contributed by atoms with Crippen LogP contribution in [0.1, 0.15) is 11.8 Å². The van der Waals surface area contributed by atoms with E-state index in [2.05, 4.69) is 43.9 Å². The summed E-state index contributed by atoms with van der Waals surface area (Å²) in [5, 5.41) is 15.3. The third kappa shape index (κ3) is 3.10. The molecule has 110 valence electrons. The van der Waals surface area contributed by atoms with Gasteiger partial charge in [-0.1, -0.05) is 5.21 Å². The van der Waals surface area contributed by atoms with Crippen LogP contribution in [0.15, 0.2) is 18.5 Å². The van der Waals surface area contributed by atoms with Crippen LogP contribution in [0.3, 0.4) is 0 Å². The third-order valence-corrected chi connectivity index (χ3v) is 3.90. The predicted molar refractivity (Wildman–Crippen MR) is 84.8 cm³/mol. The molecule has 21 heavy (non-hydrogen) atoms. The molecule has 3 aromatic rings. The standard InChI is InChI=1S/C13H17N7S/c1-3-14-13-17-11(10-8-9(2)21-12(10)18-13)15-4-6-20-7-5-16-19-20/h5,7-8H,3-4,6H2,1-2H3,(H2,14,15,17,18). The SMILES string of the molecule is CCNc1nc(NCCn2ccnn2)c2cc(C)sc2n1. The van der Waals surface area contributed by atoms with Gasteiger partial charge in [0.15, 0.2) is 0 Å². The van der Waals surface area contributed by atoms with Crippen LogP contribution >= 0.6 is 11.3 Å². The largest absolute Gasteiger partial charge is 0.368 e. The Hall–Kier alpha value is -2.22. The first-order valence-electron chi connectivity index (χ1n) is 6.86. The molecule has 0 saturated heterocycles. The minimum Gasteiger partial charge on any atom is -0.368 e. The topological polar surface area (TPSA) is 80.5 Å². The van der Waals surface area contributed by atoms with Crippen molar-refractivity contribution in [2.45, 2.75) is 20.4 Å². The smallest absolute Gasteiger partial charge is 0.226 e. The zero-order valence-electron chi connectivity index (χ0n) is 12.0. The molecule has 0 atom stereocenters. The van der Waals surface area contributed by atoms with Gasteiger partial charge in [0.2, 0.25) is 5.95 Å². The molecular weight excluding hydrogens is 286 g/mol. The summed E-state index contributed by atoms with van der Waals surface area (Å²) in [6, 6.07) is 2.12. The van der Waals surface area contributed by atoms with Crippen molar-refractivity contribution in [3.63, 3.8) is 0 Å². The van der Waals surface area contributed by atoms with Crippen molar-refractivity contribution in [1.29, 1.82) is 0 Å². The van der Waals surface area contributed by atoms with Crippen molar-refractivity contribution in [2.75, 3.05) is 23.7 Å². The van der Waals surface area contributed by atoms with E-state index >= 15 is 0 Å². The van der Waals surface area contributed by atoms with E-state index in [9.17, 15) is 0 Å². The molecule has 0 aromatic carbocycles. The molecule has 3 aromatic heterocycles. The molecule has 0 bridgehead atoms. The second kappa shape index (κ2) is 6.04. The summed E-state index contributed by atoms with van der Waals surface area (Å²) in [5.41, 5.74) is 0. The van der Waals surface area contributed by atoms with Crippen LogP contribution in [0.25, 0.3) is 10.2 Å². The normalized spacial score (nSPS) is 11.0. The Kier molecular flexibility index (Phi) is 3.96. The molecule has 0 spiro atoms. The number of nitrogens with one attached hydrogen (secondary N) is 2. The lowest BCUT2D eigenvalue weighted by molar-refractivity contribution is 0.608. The van der Waals surface area contributed by atoms with Gasteiger partial charge in [-0.2, -0.15) is 4.98 Å². The molecule has 3 rings (SSSR count). The zero-order valence-corrected chi connectivity index (χ0v) is 12.8. The average Bonchev–Trinajstić information content (AvgIpc) is 3.07. The van der Waals surface area contributed by atoms with Gasteiger partial charge < -0.3 is 10.6 Å². The fourth-order valence-corrected chi connectivity index (χ4v) is 2.93. The molecule has 8 heteroatoms. The van der Waals surface area contributed by atoms with Gasteiger partial charge in [-0.05, 0) is 19.9 Å². The lowest BCUT2D eigenvalue weighted by Crippen LogP contribution is -2.13. The first-order valence-corrected chi connectivity index (χ1v) is 7.68. The fourth-order valence-electron chi connectivity index (χ4n) is 2.05. The average molecular weight is 303 g/mol. The molecule has 3 heterocycles. The van der Waals surface area contributed by atoms with E-state index < -0.39 is 0 Å². The molecule has 0 radical (unpaired) electrons. The Bertz CT molecular complexity index is 720. The van der Waals surface area contributed by atoms with Gasteiger partial charge in [0, 0.05) is 24.2 Å². The molecule has 0 aliphatic carbocycles. The molecule has 0 saturated carbocycles. The van der Waals surface area contributed by atoms with Crippen LogP contribution in [0.5, 0.6) is 0 Å². The first-order chi connectivity index (χ1) is 10.3. The molecule has 2 N–H and O–H groups in total. The van der Waals surface area contributed by atoms with Gasteiger partial charge in [0.25, 0.3) is 0 Å². The number of nitrogens with zero attached hydrogens (tertiary/aromatic N) is 5. The Labute approximate surface area is 126 Å². The van der Waals surface area contributed by atoms with E-state index in [1.54, 1.807) is 22.2 Å². The Balaban J connectivity index is 1.81. The summed E-state index contributed by atoms with van der Waals surface area (Å²) in [4.78, 5) is 11.3. The number of aryl methyl sites for hydroxylation is 1. The van der Waals surface area contributed by atoms with Gasteiger partial charge in [0.05, 0.1) is 18.1 Å². The van der Waals surface area contributed by atoms with Crippen molar-refractivity contribution in [1.82, 2.24) is 25.0 Å². The van der Waals surface area contributed by atoms with Crippen LogP contribution in [-0.2, 0) is 6.54 Å². The Morgan fingerprint density at radius 3 is 2.95 bits per heavy atom. The first kappa shape index (κ1) is 13.7. The summed E-state index contributed by atoms with van der Waals surface area (Å²) in [6.07, 6.45) is 3.52. The summed E-state index contributed by atoms with van der Waals surface area (Å²) < 4.78 is 1.79. The minimum atomic E-state index is 0.662. The summed E-state index contributed by atoms with van der Waals surface area (Å²) in [6.45, 7) is 6.39. The van der Waals surface area contributed by atoms with Crippen molar-refractivity contribution < 1.29 is 0 Å². The zero-order chi connectivity index (χ0) is 14.7. The number of thiophene rings is 1. The van der Waals surface area contributed by atoms with Gasteiger partial charge >= 0.3 is 0 Å². The molecule has 0 fully saturated rings. The van der Waals surface area contributed by atoms with Crippen molar-refractivity contribution >= 4 is 33.3 Å². The van der Waals surface area contributed by atoms with E-state index in [4.69, 9.17) is 0 Å². The number of fused-ring (bicyclic) bond motifs is 1. The third-order valence-electron chi connectivity index (χ3n) is 2.96. The Morgan fingerprint density at radius 1 is 1.29 bits per heavy atom. The quantitative estimate of drug-likeness (QED) is 0.726. The van der Waals surface area contributed by atoms with Crippen LogP contribution in [-0.4, -0.2) is 38.1 Å². The minimum absolute atomic E-state index is 0.662. The maximum absolute atomic E-state index is 4.55. The van der Waals surface area contributed by atoms with Crippen molar-refractivity contribution in [3.05, 3.63) is 23.3 Å². The van der Waals surface area contributed by atoms with E-state index in [-0.39, 0.29) is 0 Å². The Morgan fingerprint density at radius 2 is 2.19 bits per heavy atom. The van der Waals surface area contributed by atoms with Crippen molar-refractivity contribution in [3.8, 4) is 0 Å². The number of rotatable bonds is 6. The van der Waals surface area contributed by atoms with Crippen molar-refractivity contribution in [2.24, 2.45) is 0 Å². The highest BCUT2D eigenvalue weighted by molar-refractivity contribution is 7.18.